The van der Waals surface area contributed by atoms with Crippen LogP contribution in [0.1, 0.15) is 5.56 Å². The Morgan fingerprint density at radius 2 is 1.19 bits per heavy atom. The Morgan fingerprint density at radius 3 is 1.89 bits per heavy atom. The van der Waals surface area contributed by atoms with Crippen LogP contribution in [-0.2, 0) is 0 Å². The minimum absolute atomic E-state index is 0.786. The van der Waals surface area contributed by atoms with Crippen molar-refractivity contribution in [1.82, 2.24) is 0 Å². The molecule has 2 nitrogen and oxygen atoms in total. The van der Waals surface area contributed by atoms with Gasteiger partial charge < -0.3 is 11.1 Å². The summed E-state index contributed by atoms with van der Waals surface area (Å²) in [6.45, 7) is 2.10. The number of benzene rings is 4. The third-order valence-corrected chi connectivity index (χ3v) is 4.69. The van der Waals surface area contributed by atoms with Gasteiger partial charge >= 0.3 is 0 Å². The number of rotatable bonds is 4. The van der Waals surface area contributed by atoms with Crippen LogP contribution in [-0.4, -0.2) is 0 Å². The summed E-state index contributed by atoms with van der Waals surface area (Å²) in [6.07, 6.45) is 0. The molecule has 4 aromatic rings. The predicted octanol–water partition coefficient (Wildman–Crippen LogP) is 6.65. The Bertz CT molecular complexity index is 1080. The van der Waals surface area contributed by atoms with Gasteiger partial charge in [0.1, 0.15) is 0 Å². The molecular weight excluding hydrogens is 328 g/mol. The highest BCUT2D eigenvalue weighted by Gasteiger charge is 2.12. The summed E-state index contributed by atoms with van der Waals surface area (Å²) >= 11 is 0. The molecule has 0 spiro atoms. The molecule has 0 heterocycles. The third kappa shape index (κ3) is 3.56. The highest BCUT2D eigenvalue weighted by Crippen LogP contribution is 2.38. The van der Waals surface area contributed by atoms with E-state index in [4.69, 9.17) is 5.73 Å². The quantitative estimate of drug-likeness (QED) is 0.404. The Balaban J connectivity index is 1.83. The van der Waals surface area contributed by atoms with Crippen LogP contribution in [0.25, 0.3) is 22.3 Å². The Hall–Kier alpha value is -3.52. The van der Waals surface area contributed by atoms with Gasteiger partial charge in [0, 0.05) is 28.2 Å². The zero-order valence-electron chi connectivity index (χ0n) is 15.3. The smallest absolute Gasteiger partial charge is 0.0464 e. The number of anilines is 3. The van der Waals surface area contributed by atoms with Crippen molar-refractivity contribution in [3.05, 3.63) is 103 Å². The molecule has 0 fully saturated rings. The molecule has 2 heteroatoms. The summed E-state index contributed by atoms with van der Waals surface area (Å²) in [5.74, 6) is 0. The van der Waals surface area contributed by atoms with Crippen molar-refractivity contribution in [3.8, 4) is 22.3 Å². The first-order valence-electron chi connectivity index (χ1n) is 9.09. The molecule has 0 aliphatic rings. The molecule has 3 N–H and O–H groups in total. The van der Waals surface area contributed by atoms with Crippen LogP contribution >= 0.6 is 0 Å². The molecule has 0 radical (unpaired) electrons. The Labute approximate surface area is 160 Å². The zero-order chi connectivity index (χ0) is 18.6. The standard InChI is InChI=1S/C25H22N2/c1-18-9-8-10-19(17-18)27-25-16-7-5-14-23(25)21-12-3-2-11-20(21)22-13-4-6-15-24(22)26/h2-17,27H,26H2,1H3. The molecule has 0 saturated carbocycles. The average Bonchev–Trinajstić information content (AvgIpc) is 2.69. The van der Waals surface area contributed by atoms with Crippen LogP contribution in [0, 0.1) is 6.92 Å². The molecule has 0 atom stereocenters. The van der Waals surface area contributed by atoms with Crippen molar-refractivity contribution in [2.45, 2.75) is 6.92 Å². The molecule has 4 rings (SSSR count). The summed E-state index contributed by atoms with van der Waals surface area (Å²) in [7, 11) is 0. The summed E-state index contributed by atoms with van der Waals surface area (Å²) in [6, 6.07) is 33.2. The van der Waals surface area contributed by atoms with Gasteiger partial charge in [-0.25, -0.2) is 0 Å². The Morgan fingerprint density at radius 1 is 0.593 bits per heavy atom. The van der Waals surface area contributed by atoms with Gasteiger partial charge in [0.05, 0.1) is 0 Å². The number of hydrogen-bond acceptors (Lipinski definition) is 2. The maximum absolute atomic E-state index is 6.26. The van der Waals surface area contributed by atoms with Crippen molar-refractivity contribution in [3.63, 3.8) is 0 Å². The van der Waals surface area contributed by atoms with E-state index in [9.17, 15) is 0 Å². The second-order valence-electron chi connectivity index (χ2n) is 6.67. The maximum Gasteiger partial charge on any atom is 0.0464 e. The first-order valence-corrected chi connectivity index (χ1v) is 9.09. The van der Waals surface area contributed by atoms with E-state index >= 15 is 0 Å². The fourth-order valence-electron chi connectivity index (χ4n) is 3.40. The third-order valence-electron chi connectivity index (χ3n) is 4.69. The summed E-state index contributed by atoms with van der Waals surface area (Å²) < 4.78 is 0. The van der Waals surface area contributed by atoms with Gasteiger partial charge in [-0.1, -0.05) is 72.8 Å². The highest BCUT2D eigenvalue weighted by atomic mass is 14.9. The van der Waals surface area contributed by atoms with Crippen molar-refractivity contribution in [2.75, 3.05) is 11.1 Å². The fourth-order valence-corrected chi connectivity index (χ4v) is 3.40. The van der Waals surface area contributed by atoms with Crippen LogP contribution < -0.4 is 11.1 Å². The van der Waals surface area contributed by atoms with Crippen LogP contribution in [0.3, 0.4) is 0 Å². The van der Waals surface area contributed by atoms with E-state index in [0.717, 1.165) is 39.3 Å². The molecule has 4 aromatic carbocycles. The number of aryl methyl sites for hydroxylation is 1. The normalized spacial score (nSPS) is 10.6. The van der Waals surface area contributed by atoms with Crippen LogP contribution in [0.15, 0.2) is 97.1 Å². The highest BCUT2D eigenvalue weighted by molar-refractivity contribution is 5.93. The average molecular weight is 350 g/mol. The topological polar surface area (TPSA) is 38.0 Å². The summed E-state index contributed by atoms with van der Waals surface area (Å²) in [4.78, 5) is 0. The zero-order valence-corrected chi connectivity index (χ0v) is 15.3. The molecule has 0 unspecified atom stereocenters. The van der Waals surface area contributed by atoms with Gasteiger partial charge in [-0.3, -0.25) is 0 Å². The Kier molecular flexibility index (Phi) is 4.63. The summed E-state index contributed by atoms with van der Waals surface area (Å²) in [5, 5.41) is 3.57. The second kappa shape index (κ2) is 7.38. The maximum atomic E-state index is 6.26. The molecule has 0 amide bonds. The van der Waals surface area contributed by atoms with Crippen molar-refractivity contribution < 1.29 is 0 Å². The molecule has 0 aliphatic carbocycles. The molecular formula is C25H22N2. The van der Waals surface area contributed by atoms with Crippen LogP contribution in [0.5, 0.6) is 0 Å². The molecule has 0 aromatic heterocycles. The van der Waals surface area contributed by atoms with E-state index < -0.39 is 0 Å². The van der Waals surface area contributed by atoms with E-state index in [1.807, 2.05) is 18.2 Å². The monoisotopic (exact) mass is 350 g/mol. The first-order chi connectivity index (χ1) is 13.2. The van der Waals surface area contributed by atoms with Gasteiger partial charge in [-0.15, -0.1) is 0 Å². The van der Waals surface area contributed by atoms with Gasteiger partial charge in [0.25, 0.3) is 0 Å². The second-order valence-corrected chi connectivity index (χ2v) is 6.67. The summed E-state index contributed by atoms with van der Waals surface area (Å²) in [5.41, 5.74) is 14.9. The molecule has 0 saturated heterocycles. The van der Waals surface area contributed by atoms with E-state index in [1.165, 1.54) is 5.56 Å². The lowest BCUT2D eigenvalue weighted by atomic mass is 9.93. The van der Waals surface area contributed by atoms with Crippen molar-refractivity contribution in [2.24, 2.45) is 0 Å². The lowest BCUT2D eigenvalue weighted by molar-refractivity contribution is 1.45. The van der Waals surface area contributed by atoms with Crippen LogP contribution in [0.4, 0.5) is 17.1 Å². The van der Waals surface area contributed by atoms with Crippen molar-refractivity contribution >= 4 is 17.1 Å². The lowest BCUT2D eigenvalue weighted by Gasteiger charge is -2.16. The number of nitrogen functional groups attached to an aromatic ring is 1. The van der Waals surface area contributed by atoms with Gasteiger partial charge in [-0.05, 0) is 47.9 Å². The van der Waals surface area contributed by atoms with E-state index in [2.05, 4.69) is 91.1 Å². The number of hydrogen-bond donors (Lipinski definition) is 2. The first kappa shape index (κ1) is 16.9. The fraction of sp³-hybridized carbons (Fsp3) is 0.0400. The van der Waals surface area contributed by atoms with E-state index in [1.54, 1.807) is 0 Å². The van der Waals surface area contributed by atoms with E-state index in [-0.39, 0.29) is 0 Å². The van der Waals surface area contributed by atoms with Crippen LogP contribution in [0.2, 0.25) is 0 Å². The minimum Gasteiger partial charge on any atom is -0.398 e. The molecule has 0 bridgehead atoms. The number of nitrogens with two attached hydrogens (primary N) is 1. The van der Waals surface area contributed by atoms with Gasteiger partial charge in [0.15, 0.2) is 0 Å². The molecule has 27 heavy (non-hydrogen) atoms. The van der Waals surface area contributed by atoms with Gasteiger partial charge in [-0.2, -0.15) is 0 Å². The molecule has 0 aliphatic heterocycles. The largest absolute Gasteiger partial charge is 0.398 e. The molecule has 132 valence electrons. The number of nitrogens with one attached hydrogen (secondary N) is 1. The minimum atomic E-state index is 0.786. The SMILES string of the molecule is Cc1cccc(Nc2ccccc2-c2ccccc2-c2ccccc2N)c1. The van der Waals surface area contributed by atoms with Gasteiger partial charge in [0.2, 0.25) is 0 Å². The predicted molar refractivity (Wildman–Crippen MR) is 116 cm³/mol. The number of para-hydroxylation sites is 2. The van der Waals surface area contributed by atoms with E-state index in [0.29, 0.717) is 0 Å². The lowest BCUT2D eigenvalue weighted by Crippen LogP contribution is -1.96. The van der Waals surface area contributed by atoms with Crippen molar-refractivity contribution in [1.29, 1.82) is 0 Å².